The number of likely N-dealkylation sites (N-methyl/N-ethyl adjacent to an activating group) is 1. The Kier molecular flexibility index (Phi) is 17.0. The van der Waals surface area contributed by atoms with Crippen LogP contribution in [0.4, 0.5) is 11.5 Å². The maximum absolute atomic E-state index is 14.0. The Morgan fingerprint density at radius 3 is 2.40 bits per heavy atom. The van der Waals surface area contributed by atoms with Gasteiger partial charge < -0.3 is 35.8 Å². The van der Waals surface area contributed by atoms with Gasteiger partial charge >= 0.3 is 0 Å². The average Bonchev–Trinajstić information content (AvgIpc) is 3.87. The van der Waals surface area contributed by atoms with Crippen molar-refractivity contribution in [3.8, 4) is 39.5 Å². The van der Waals surface area contributed by atoms with Gasteiger partial charge in [-0.3, -0.25) is 19.1 Å². The van der Waals surface area contributed by atoms with Crippen molar-refractivity contribution >= 4 is 44.6 Å². The fourth-order valence-electron chi connectivity index (χ4n) is 9.11. The molecule has 2 aliphatic heterocycles. The minimum atomic E-state index is -3.71. The standard InChI is InChI=1S/C55H65N11O6S/c1-37-21-26-57-45-19-13-39(33-44(37)45)35-51(67)65-29-22-38(23-30-65)34-49(53(68)56-2)60-54(69)47-20-18-43(40-11-7-6-8-12-40)52(59-47)46-24-31-66(63-46)28-9-25-58-50-36-48(61-55(62-50)73(5,70)71)41-14-16-42(17-15-41)72-32-10-27-64(3)4/h6-8,11-21,24,31,33,36,38,49,57H,9-10,22-23,25-30,32,34-35H2,1-5H3,(H,56,68)(H,60,69)(H,58,61,62)/t49-/m1/s1. The van der Waals surface area contributed by atoms with E-state index < -0.39 is 21.8 Å². The fraction of sp³-hybridized carbons (Fsp3) is 0.364. The van der Waals surface area contributed by atoms with E-state index in [1.807, 2.05) is 104 Å². The lowest BCUT2D eigenvalue weighted by Gasteiger charge is -2.33. The van der Waals surface area contributed by atoms with Crippen LogP contribution in [0.3, 0.4) is 0 Å². The number of pyridine rings is 1. The highest BCUT2D eigenvalue weighted by Gasteiger charge is 2.30. The van der Waals surface area contributed by atoms with Gasteiger partial charge in [0.05, 0.1) is 24.4 Å². The summed E-state index contributed by atoms with van der Waals surface area (Å²) < 4.78 is 32.9. The Morgan fingerprint density at radius 1 is 0.877 bits per heavy atom. The van der Waals surface area contributed by atoms with Crippen molar-refractivity contribution < 1.29 is 27.5 Å². The molecule has 3 aromatic heterocycles. The molecule has 0 saturated carbocycles. The van der Waals surface area contributed by atoms with Crippen molar-refractivity contribution in [1.29, 1.82) is 0 Å². The molecule has 3 amide bonds. The summed E-state index contributed by atoms with van der Waals surface area (Å²) in [4.78, 5) is 58.3. The van der Waals surface area contributed by atoms with Gasteiger partial charge in [-0.05, 0) is 130 Å². The molecule has 0 aliphatic carbocycles. The Labute approximate surface area is 427 Å². The second-order valence-corrected chi connectivity index (χ2v) is 20.9. The number of benzene rings is 3. The number of nitrogens with one attached hydrogen (secondary N) is 4. The average molecular weight is 1010 g/mol. The van der Waals surface area contributed by atoms with Crippen LogP contribution in [0.1, 0.15) is 60.6 Å². The zero-order chi connectivity index (χ0) is 51.5. The highest BCUT2D eigenvalue weighted by molar-refractivity contribution is 7.90. The molecule has 0 radical (unpaired) electrons. The van der Waals surface area contributed by atoms with Gasteiger partial charge in [-0.2, -0.15) is 5.10 Å². The molecule has 0 unspecified atom stereocenters. The summed E-state index contributed by atoms with van der Waals surface area (Å²) in [5.41, 5.74) is 8.48. The molecular formula is C55H65N11O6S. The van der Waals surface area contributed by atoms with Crippen LogP contribution < -0.4 is 26.0 Å². The molecule has 1 saturated heterocycles. The second kappa shape index (κ2) is 23.9. The first-order chi connectivity index (χ1) is 35.2. The molecule has 0 bridgehead atoms. The number of piperidine rings is 1. The highest BCUT2D eigenvalue weighted by atomic mass is 32.2. The third-order valence-corrected chi connectivity index (χ3v) is 14.0. The molecule has 382 valence electrons. The third-order valence-electron chi connectivity index (χ3n) is 13.1. The molecule has 73 heavy (non-hydrogen) atoms. The van der Waals surface area contributed by atoms with Gasteiger partial charge in [0.15, 0.2) is 0 Å². The van der Waals surface area contributed by atoms with E-state index in [0.717, 1.165) is 65.0 Å². The lowest BCUT2D eigenvalue weighted by atomic mass is 9.89. The molecule has 0 spiro atoms. The fourth-order valence-corrected chi connectivity index (χ4v) is 9.63. The summed E-state index contributed by atoms with van der Waals surface area (Å²) in [6.07, 6.45) is 8.76. The van der Waals surface area contributed by atoms with Gasteiger partial charge in [0.2, 0.25) is 26.8 Å². The number of likely N-dealkylation sites (tertiary alicyclic amines) is 1. The number of fused-ring (bicyclic) bond motifs is 1. The third kappa shape index (κ3) is 13.7. The molecule has 8 rings (SSSR count). The molecular weight excluding hydrogens is 943 g/mol. The summed E-state index contributed by atoms with van der Waals surface area (Å²) in [6.45, 7) is 6.51. The van der Waals surface area contributed by atoms with Crippen molar-refractivity contribution in [2.24, 2.45) is 5.92 Å². The summed E-state index contributed by atoms with van der Waals surface area (Å²) >= 11 is 0. The number of carbonyl (C=O) groups excluding carboxylic acids is 3. The van der Waals surface area contributed by atoms with Crippen molar-refractivity contribution in [2.75, 3.05) is 77.4 Å². The smallest absolute Gasteiger partial charge is 0.270 e. The summed E-state index contributed by atoms with van der Waals surface area (Å²) in [5, 5.41) is 16.9. The second-order valence-electron chi connectivity index (χ2n) is 19.0. The van der Waals surface area contributed by atoms with E-state index in [4.69, 9.17) is 14.8 Å². The number of ether oxygens (including phenoxy) is 1. The van der Waals surface area contributed by atoms with Crippen molar-refractivity contribution in [3.63, 3.8) is 0 Å². The van der Waals surface area contributed by atoms with Gasteiger partial charge in [-0.1, -0.05) is 42.5 Å². The van der Waals surface area contributed by atoms with E-state index in [9.17, 15) is 22.8 Å². The highest BCUT2D eigenvalue weighted by Crippen LogP contribution is 2.32. The number of aromatic nitrogens is 5. The maximum Gasteiger partial charge on any atom is 0.270 e. The zero-order valence-electron chi connectivity index (χ0n) is 42.2. The number of anilines is 2. The van der Waals surface area contributed by atoms with Crippen LogP contribution in [-0.4, -0.2) is 133 Å². The minimum Gasteiger partial charge on any atom is -0.494 e. The summed E-state index contributed by atoms with van der Waals surface area (Å²) in [6, 6.07) is 29.6. The number of sulfone groups is 1. The predicted octanol–water partition coefficient (Wildman–Crippen LogP) is 6.85. The largest absolute Gasteiger partial charge is 0.494 e. The predicted molar refractivity (Wildman–Crippen MR) is 285 cm³/mol. The number of allylic oxidation sites excluding steroid dienone is 1. The number of hydrogen-bond acceptors (Lipinski definition) is 13. The van der Waals surface area contributed by atoms with Crippen LogP contribution >= 0.6 is 0 Å². The van der Waals surface area contributed by atoms with E-state index in [1.165, 1.54) is 5.57 Å². The van der Waals surface area contributed by atoms with Gasteiger partial charge in [0, 0.05) is 87.2 Å². The number of aryl methyl sites for hydroxylation is 1. The summed E-state index contributed by atoms with van der Waals surface area (Å²) in [7, 11) is 1.88. The number of nitrogens with zero attached hydrogens (tertiary/aromatic N) is 7. The zero-order valence-corrected chi connectivity index (χ0v) is 43.0. The van der Waals surface area contributed by atoms with Gasteiger partial charge in [0.25, 0.3) is 5.91 Å². The topological polar surface area (TPSA) is 206 Å². The molecule has 3 aromatic carbocycles. The van der Waals surface area contributed by atoms with E-state index in [1.54, 1.807) is 23.9 Å². The first-order valence-corrected chi connectivity index (χ1v) is 26.8. The van der Waals surface area contributed by atoms with E-state index in [-0.39, 0.29) is 28.6 Å². The van der Waals surface area contributed by atoms with Gasteiger partial charge in [-0.15, -0.1) is 0 Å². The Balaban J connectivity index is 0.892. The number of hydrogen-bond donors (Lipinski definition) is 4. The lowest BCUT2D eigenvalue weighted by molar-refractivity contribution is -0.132. The molecule has 4 N–H and O–H groups in total. The molecule has 1 atom stereocenters. The van der Waals surface area contributed by atoms with Gasteiger partial charge in [0.1, 0.15) is 29.0 Å². The normalized spacial score (nSPS) is 14.2. The van der Waals surface area contributed by atoms with Crippen LogP contribution in [0.15, 0.2) is 114 Å². The van der Waals surface area contributed by atoms with Crippen LogP contribution in [0.2, 0.25) is 0 Å². The van der Waals surface area contributed by atoms with E-state index in [0.29, 0.717) is 87.8 Å². The quantitative estimate of drug-likeness (QED) is 0.0431. The molecule has 6 aromatic rings. The summed E-state index contributed by atoms with van der Waals surface area (Å²) in [5.74, 6) is 0.509. The van der Waals surface area contributed by atoms with Crippen LogP contribution in [0.25, 0.3) is 39.3 Å². The minimum absolute atomic E-state index is 0.0815. The molecule has 17 nitrogen and oxygen atoms in total. The Morgan fingerprint density at radius 2 is 1.66 bits per heavy atom. The Bertz CT molecular complexity index is 3040. The number of rotatable bonds is 21. The van der Waals surface area contributed by atoms with Crippen LogP contribution in [0, 0.1) is 5.92 Å². The van der Waals surface area contributed by atoms with Gasteiger partial charge in [-0.25, -0.2) is 23.4 Å². The van der Waals surface area contributed by atoms with Crippen molar-refractivity contribution in [3.05, 3.63) is 126 Å². The first kappa shape index (κ1) is 51.9. The van der Waals surface area contributed by atoms with E-state index >= 15 is 0 Å². The molecule has 1 fully saturated rings. The lowest BCUT2D eigenvalue weighted by Crippen LogP contribution is -2.48. The van der Waals surface area contributed by atoms with Crippen LogP contribution in [0.5, 0.6) is 5.75 Å². The van der Waals surface area contributed by atoms with Crippen molar-refractivity contribution in [1.82, 2.24) is 45.2 Å². The first-order valence-electron chi connectivity index (χ1n) is 24.9. The number of carbonyl (C=O) groups is 3. The molecule has 18 heteroatoms. The molecule has 2 aliphatic rings. The van der Waals surface area contributed by atoms with Crippen LogP contribution in [-0.2, 0) is 32.4 Å². The molecule has 5 heterocycles. The van der Waals surface area contributed by atoms with Crippen molar-refractivity contribution in [2.45, 2.75) is 63.2 Å². The monoisotopic (exact) mass is 1010 g/mol. The number of amides is 3. The van der Waals surface area contributed by atoms with E-state index in [2.05, 4.69) is 55.2 Å². The Hall–Kier alpha value is -7.44. The maximum atomic E-state index is 14.0. The SMILES string of the molecule is CNC(=O)[C@@H](CC1CCN(C(=O)Cc2ccc3c(c2)C(C)=CCN3)CC1)NC(=O)c1ccc(-c2ccccc2)c(-c2ccn(CCCNc3cc(-c4ccc(OCCCN(C)C)cc4)nc(S(C)(=O)=O)n3)n2)n1.